The number of amides is 2. The average Bonchev–Trinajstić information content (AvgIpc) is 3.13. The van der Waals surface area contributed by atoms with E-state index in [0.717, 1.165) is 6.42 Å². The lowest BCUT2D eigenvalue weighted by Gasteiger charge is -2.33. The summed E-state index contributed by atoms with van der Waals surface area (Å²) in [6, 6.07) is 6.29. The fraction of sp³-hybridized carbons (Fsp3) is 0.619. The largest absolute Gasteiger partial charge is 0.341 e. The van der Waals surface area contributed by atoms with Crippen LogP contribution in [0.15, 0.2) is 24.3 Å². The summed E-state index contributed by atoms with van der Waals surface area (Å²) < 4.78 is 13.0. The molecule has 2 saturated heterocycles. The molecule has 0 radical (unpaired) electrons. The maximum atomic E-state index is 13.0. The molecular weight excluding hydrogens is 381 g/mol. The molecular formula is C21H29ClFN3O2. The Morgan fingerprint density at radius 3 is 2.39 bits per heavy atom. The molecule has 5 nitrogen and oxygen atoms in total. The maximum absolute atomic E-state index is 13.0. The fourth-order valence-corrected chi connectivity index (χ4v) is 4.87. The number of nitrogens with one attached hydrogen (secondary N) is 2. The molecule has 2 heterocycles. The number of likely N-dealkylation sites (tertiary alicyclic amines) is 1. The van der Waals surface area contributed by atoms with Crippen molar-refractivity contribution < 1.29 is 14.0 Å². The fourth-order valence-electron chi connectivity index (χ4n) is 4.87. The molecule has 2 amide bonds. The molecule has 0 bridgehead atoms. The second-order valence-electron chi connectivity index (χ2n) is 8.20. The van der Waals surface area contributed by atoms with Crippen LogP contribution in [-0.4, -0.2) is 41.9 Å². The number of rotatable bonds is 3. The molecule has 28 heavy (non-hydrogen) atoms. The van der Waals surface area contributed by atoms with Gasteiger partial charge in [0.2, 0.25) is 11.8 Å². The number of hydrogen-bond acceptors (Lipinski definition) is 3. The highest BCUT2D eigenvalue weighted by atomic mass is 35.5. The van der Waals surface area contributed by atoms with E-state index in [9.17, 15) is 14.0 Å². The highest BCUT2D eigenvalue weighted by Gasteiger charge is 2.40. The van der Waals surface area contributed by atoms with E-state index in [-0.39, 0.29) is 42.0 Å². The topological polar surface area (TPSA) is 61.4 Å². The van der Waals surface area contributed by atoms with E-state index in [1.165, 1.54) is 37.8 Å². The second-order valence-corrected chi connectivity index (χ2v) is 8.20. The SMILES string of the molecule is Cl.O=C(Nc1ccc(F)cc1)C1CCN(C(=O)C2CC3CCCCC3N2)CC1. The van der Waals surface area contributed by atoms with Gasteiger partial charge in [0.15, 0.2) is 0 Å². The zero-order valence-corrected chi connectivity index (χ0v) is 16.8. The molecule has 3 unspecified atom stereocenters. The van der Waals surface area contributed by atoms with Crippen LogP contribution >= 0.6 is 12.4 Å². The van der Waals surface area contributed by atoms with E-state index >= 15 is 0 Å². The molecule has 1 aromatic rings. The first kappa shape index (κ1) is 21.1. The molecule has 3 atom stereocenters. The number of anilines is 1. The van der Waals surface area contributed by atoms with Crippen molar-refractivity contribution in [1.29, 1.82) is 0 Å². The summed E-state index contributed by atoms with van der Waals surface area (Å²) in [6.45, 7) is 1.27. The zero-order valence-electron chi connectivity index (χ0n) is 16.0. The number of carbonyl (C=O) groups is 2. The van der Waals surface area contributed by atoms with E-state index in [4.69, 9.17) is 0 Å². The third-order valence-electron chi connectivity index (χ3n) is 6.45. The highest BCUT2D eigenvalue weighted by Crippen LogP contribution is 2.34. The lowest BCUT2D eigenvalue weighted by molar-refractivity contribution is -0.136. The Labute approximate surface area is 171 Å². The third kappa shape index (κ3) is 4.66. The van der Waals surface area contributed by atoms with Crippen LogP contribution in [0.3, 0.4) is 0 Å². The molecule has 0 aromatic heterocycles. The van der Waals surface area contributed by atoms with Crippen LogP contribution in [0.1, 0.15) is 44.9 Å². The normalized spacial score (nSPS) is 27.6. The molecule has 0 spiro atoms. The third-order valence-corrected chi connectivity index (χ3v) is 6.45. The van der Waals surface area contributed by atoms with Gasteiger partial charge in [-0.15, -0.1) is 12.4 Å². The molecule has 154 valence electrons. The van der Waals surface area contributed by atoms with Crippen molar-refractivity contribution in [2.45, 2.75) is 57.0 Å². The number of hydrogen-bond donors (Lipinski definition) is 2. The van der Waals surface area contributed by atoms with Crippen molar-refractivity contribution in [3.63, 3.8) is 0 Å². The van der Waals surface area contributed by atoms with E-state index in [0.29, 0.717) is 43.6 Å². The molecule has 1 saturated carbocycles. The standard InChI is InChI=1S/C21H28FN3O2.ClH/c22-16-5-7-17(8-6-16)23-20(26)14-9-11-25(12-10-14)21(27)19-13-15-3-1-2-4-18(15)24-19;/h5-8,14-15,18-19,24H,1-4,9-13H2,(H,23,26);1H. The molecule has 3 fully saturated rings. The lowest BCUT2D eigenvalue weighted by atomic mass is 9.85. The van der Waals surface area contributed by atoms with Crippen molar-refractivity contribution in [3.05, 3.63) is 30.1 Å². The highest BCUT2D eigenvalue weighted by molar-refractivity contribution is 5.92. The molecule has 2 N–H and O–H groups in total. The summed E-state index contributed by atoms with van der Waals surface area (Å²) in [6.07, 6.45) is 7.32. The number of benzene rings is 1. The number of carbonyl (C=O) groups excluding carboxylic acids is 2. The summed E-state index contributed by atoms with van der Waals surface area (Å²) in [5.41, 5.74) is 0.609. The van der Waals surface area contributed by atoms with Gasteiger partial charge in [0.05, 0.1) is 6.04 Å². The molecule has 4 rings (SSSR count). The lowest BCUT2D eigenvalue weighted by Crippen LogP contribution is -2.49. The van der Waals surface area contributed by atoms with Gasteiger partial charge >= 0.3 is 0 Å². The van der Waals surface area contributed by atoms with Crippen molar-refractivity contribution in [1.82, 2.24) is 10.2 Å². The van der Waals surface area contributed by atoms with Gasteiger partial charge in [-0.2, -0.15) is 0 Å². The Morgan fingerprint density at radius 2 is 1.71 bits per heavy atom. The predicted octanol–water partition coefficient (Wildman–Crippen LogP) is 3.35. The Morgan fingerprint density at radius 1 is 1.04 bits per heavy atom. The Balaban J connectivity index is 0.00000225. The minimum absolute atomic E-state index is 0. The Kier molecular flexibility index (Phi) is 6.94. The summed E-state index contributed by atoms with van der Waals surface area (Å²) in [4.78, 5) is 27.2. The van der Waals surface area contributed by atoms with Gasteiger partial charge < -0.3 is 15.5 Å². The molecule has 2 aliphatic heterocycles. The van der Waals surface area contributed by atoms with Gasteiger partial charge in [0.1, 0.15) is 5.82 Å². The van der Waals surface area contributed by atoms with Crippen molar-refractivity contribution in [2.75, 3.05) is 18.4 Å². The second kappa shape index (κ2) is 9.23. The molecule has 7 heteroatoms. The van der Waals surface area contributed by atoms with Crippen molar-refractivity contribution in [2.24, 2.45) is 11.8 Å². The van der Waals surface area contributed by atoms with Gasteiger partial charge in [0, 0.05) is 30.7 Å². The summed E-state index contributed by atoms with van der Waals surface area (Å²) in [7, 11) is 0. The Hall–Kier alpha value is -1.66. The smallest absolute Gasteiger partial charge is 0.239 e. The Bertz CT molecular complexity index is 677. The van der Waals surface area contributed by atoms with Crippen LogP contribution in [0.2, 0.25) is 0 Å². The molecule has 1 aromatic carbocycles. The van der Waals surface area contributed by atoms with E-state index in [1.54, 1.807) is 12.1 Å². The number of halogens is 2. The van der Waals surface area contributed by atoms with Gasteiger partial charge in [-0.1, -0.05) is 12.8 Å². The quantitative estimate of drug-likeness (QED) is 0.804. The van der Waals surface area contributed by atoms with Gasteiger partial charge in [-0.05, 0) is 62.3 Å². The first-order valence-corrected chi connectivity index (χ1v) is 10.2. The summed E-state index contributed by atoms with van der Waals surface area (Å²) in [5.74, 6) is 0.408. The molecule has 1 aliphatic carbocycles. The number of nitrogens with zero attached hydrogens (tertiary/aromatic N) is 1. The first-order chi connectivity index (χ1) is 13.1. The predicted molar refractivity (Wildman–Crippen MR) is 109 cm³/mol. The monoisotopic (exact) mass is 409 g/mol. The first-order valence-electron chi connectivity index (χ1n) is 10.2. The van der Waals surface area contributed by atoms with Crippen LogP contribution < -0.4 is 10.6 Å². The van der Waals surface area contributed by atoms with Gasteiger partial charge in [0.25, 0.3) is 0 Å². The molecule has 3 aliphatic rings. The van der Waals surface area contributed by atoms with Crippen molar-refractivity contribution in [3.8, 4) is 0 Å². The van der Waals surface area contributed by atoms with Gasteiger partial charge in [-0.25, -0.2) is 4.39 Å². The van der Waals surface area contributed by atoms with Crippen LogP contribution in [-0.2, 0) is 9.59 Å². The van der Waals surface area contributed by atoms with Crippen molar-refractivity contribution >= 4 is 29.9 Å². The zero-order chi connectivity index (χ0) is 18.8. The van der Waals surface area contributed by atoms with Gasteiger partial charge in [-0.3, -0.25) is 9.59 Å². The minimum atomic E-state index is -0.319. The number of fused-ring (bicyclic) bond motifs is 1. The van der Waals surface area contributed by atoms with Crippen LogP contribution in [0.5, 0.6) is 0 Å². The summed E-state index contributed by atoms with van der Waals surface area (Å²) >= 11 is 0. The average molecular weight is 410 g/mol. The van der Waals surface area contributed by atoms with Crippen LogP contribution in [0.25, 0.3) is 0 Å². The maximum Gasteiger partial charge on any atom is 0.239 e. The van der Waals surface area contributed by atoms with E-state index in [1.807, 2.05) is 4.90 Å². The number of piperidine rings is 1. The van der Waals surface area contributed by atoms with E-state index < -0.39 is 0 Å². The summed E-state index contributed by atoms with van der Waals surface area (Å²) in [5, 5.41) is 6.41. The van der Waals surface area contributed by atoms with Crippen LogP contribution in [0.4, 0.5) is 10.1 Å². The van der Waals surface area contributed by atoms with E-state index in [2.05, 4.69) is 10.6 Å². The minimum Gasteiger partial charge on any atom is -0.341 e. The van der Waals surface area contributed by atoms with Crippen LogP contribution in [0, 0.1) is 17.7 Å².